The van der Waals surface area contributed by atoms with Crippen LogP contribution < -0.4 is 10.5 Å². The number of hydrogen-bond donors (Lipinski definition) is 2. The van der Waals surface area contributed by atoms with Crippen LogP contribution in [0.15, 0.2) is 35.1 Å². The molecular weight excluding hydrogens is 308 g/mol. The average Bonchev–Trinajstić information content (AvgIpc) is 2.57. The number of rotatable bonds is 4. The van der Waals surface area contributed by atoms with Crippen LogP contribution in [0.5, 0.6) is 5.75 Å². The fraction of sp³-hybridized carbons (Fsp3) is 0.222. The molecule has 0 aliphatic rings. The Bertz CT molecular complexity index is 833. The molecule has 0 spiro atoms. The number of anilines is 1. The van der Waals surface area contributed by atoms with E-state index < -0.39 is 22.8 Å². The number of carbonyl (C=O) groups is 1. The second-order valence-electron chi connectivity index (χ2n) is 5.40. The number of nitrogens with one attached hydrogen (secondary N) is 1. The molecule has 1 aromatic heterocycles. The first-order valence-corrected chi connectivity index (χ1v) is 7.38. The van der Waals surface area contributed by atoms with Crippen LogP contribution in [-0.4, -0.2) is 37.3 Å². The molecule has 0 fully saturated rings. The van der Waals surface area contributed by atoms with E-state index in [2.05, 4.69) is 9.72 Å². The third-order valence-electron chi connectivity index (χ3n) is 3.62. The number of allylic oxidation sites excluding steroid dienone is 1. The van der Waals surface area contributed by atoms with Crippen LogP contribution in [0.25, 0.3) is 17.3 Å². The summed E-state index contributed by atoms with van der Waals surface area (Å²) < 4.78 is 4.57. The Morgan fingerprint density at radius 3 is 2.38 bits per heavy atom. The Morgan fingerprint density at radius 1 is 1.25 bits per heavy atom. The van der Waals surface area contributed by atoms with Crippen molar-refractivity contribution in [3.63, 3.8) is 0 Å². The Kier molecular flexibility index (Phi) is 5.08. The van der Waals surface area contributed by atoms with Gasteiger partial charge in [-0.3, -0.25) is 4.79 Å². The topological polar surface area (TPSA) is 82.6 Å². The van der Waals surface area contributed by atoms with Crippen LogP contribution in [-0.2, 0) is 4.74 Å². The summed E-state index contributed by atoms with van der Waals surface area (Å²) in [5.41, 5.74) is 1.42. The van der Waals surface area contributed by atoms with Crippen molar-refractivity contribution in [1.29, 1.82) is 0 Å². The van der Waals surface area contributed by atoms with E-state index in [1.54, 1.807) is 19.1 Å². The van der Waals surface area contributed by atoms with Gasteiger partial charge in [-0.05, 0) is 24.6 Å². The molecule has 0 radical (unpaired) electrons. The van der Waals surface area contributed by atoms with Gasteiger partial charge in [-0.15, -0.1) is 0 Å². The number of benzene rings is 1. The summed E-state index contributed by atoms with van der Waals surface area (Å²) in [6.07, 6.45) is 3.35. The van der Waals surface area contributed by atoms with E-state index in [0.717, 1.165) is 18.4 Å². The Morgan fingerprint density at radius 2 is 1.88 bits per heavy atom. The Balaban J connectivity index is 2.70. The Labute approximate surface area is 140 Å². The molecule has 126 valence electrons. The quantitative estimate of drug-likeness (QED) is 0.843. The number of pyridine rings is 1. The molecule has 2 N–H and O–H groups in total. The van der Waals surface area contributed by atoms with E-state index in [1.807, 2.05) is 43.3 Å². The molecule has 0 bridgehead atoms. The highest BCUT2D eigenvalue weighted by Crippen LogP contribution is 2.31. The average molecular weight is 328 g/mol. The van der Waals surface area contributed by atoms with Gasteiger partial charge in [0.15, 0.2) is 5.56 Å². The van der Waals surface area contributed by atoms with Crippen molar-refractivity contribution in [2.75, 3.05) is 26.1 Å². The summed E-state index contributed by atoms with van der Waals surface area (Å²) in [6, 6.07) is 7.48. The summed E-state index contributed by atoms with van der Waals surface area (Å²) in [4.78, 5) is 28.6. The highest BCUT2D eigenvalue weighted by molar-refractivity contribution is 5.95. The number of aromatic nitrogens is 1. The predicted molar refractivity (Wildman–Crippen MR) is 94.5 cm³/mol. The minimum absolute atomic E-state index is 0.357. The third-order valence-corrected chi connectivity index (χ3v) is 3.62. The van der Waals surface area contributed by atoms with E-state index in [9.17, 15) is 14.7 Å². The number of aromatic hydroxyl groups is 1. The van der Waals surface area contributed by atoms with Crippen molar-refractivity contribution in [3.05, 3.63) is 51.8 Å². The van der Waals surface area contributed by atoms with Crippen LogP contribution >= 0.6 is 0 Å². The van der Waals surface area contributed by atoms with Crippen molar-refractivity contribution < 1.29 is 14.6 Å². The first-order valence-electron chi connectivity index (χ1n) is 7.38. The van der Waals surface area contributed by atoms with Gasteiger partial charge in [-0.2, -0.15) is 0 Å². The molecule has 0 aliphatic carbocycles. The molecule has 0 saturated heterocycles. The van der Waals surface area contributed by atoms with Gasteiger partial charge in [-0.1, -0.05) is 24.3 Å². The maximum Gasteiger partial charge on any atom is 0.347 e. The highest BCUT2D eigenvalue weighted by Gasteiger charge is 2.22. The van der Waals surface area contributed by atoms with E-state index in [1.165, 1.54) is 0 Å². The van der Waals surface area contributed by atoms with Crippen LogP contribution in [0, 0.1) is 0 Å². The van der Waals surface area contributed by atoms with Gasteiger partial charge in [0.2, 0.25) is 0 Å². The molecule has 6 heteroatoms. The molecule has 24 heavy (non-hydrogen) atoms. The van der Waals surface area contributed by atoms with E-state index in [0.29, 0.717) is 11.3 Å². The zero-order valence-corrected chi connectivity index (χ0v) is 14.1. The van der Waals surface area contributed by atoms with Crippen LogP contribution in [0.1, 0.15) is 22.8 Å². The molecule has 1 aromatic carbocycles. The van der Waals surface area contributed by atoms with Gasteiger partial charge in [-0.25, -0.2) is 4.79 Å². The van der Waals surface area contributed by atoms with Gasteiger partial charge in [0.05, 0.1) is 12.8 Å². The number of carbonyl (C=O) groups excluding carboxylic acids is 1. The number of nitrogens with zero attached hydrogens (tertiary/aromatic N) is 1. The SMILES string of the molecule is C/C=C\c1c(-c2ccc(N(C)C)cc2)[nH]c(=O)c(C(=O)OC)c1O. The van der Waals surface area contributed by atoms with Gasteiger partial charge in [0, 0.05) is 25.3 Å². The minimum atomic E-state index is -0.881. The summed E-state index contributed by atoms with van der Waals surface area (Å²) in [6.45, 7) is 1.78. The van der Waals surface area contributed by atoms with Gasteiger partial charge >= 0.3 is 5.97 Å². The number of methoxy groups -OCH3 is 1. The maximum absolute atomic E-state index is 12.2. The van der Waals surface area contributed by atoms with Crippen molar-refractivity contribution in [2.24, 2.45) is 0 Å². The molecule has 0 atom stereocenters. The van der Waals surface area contributed by atoms with Crippen molar-refractivity contribution >= 4 is 17.7 Å². The number of esters is 1. The first-order chi connectivity index (χ1) is 11.4. The summed E-state index contributed by atoms with van der Waals surface area (Å²) >= 11 is 0. The summed E-state index contributed by atoms with van der Waals surface area (Å²) in [5, 5.41) is 10.4. The van der Waals surface area contributed by atoms with Gasteiger partial charge < -0.3 is 19.7 Å². The maximum atomic E-state index is 12.2. The fourth-order valence-electron chi connectivity index (χ4n) is 2.38. The molecule has 6 nitrogen and oxygen atoms in total. The molecule has 2 aromatic rings. The van der Waals surface area contributed by atoms with Crippen molar-refractivity contribution in [1.82, 2.24) is 4.98 Å². The fourth-order valence-corrected chi connectivity index (χ4v) is 2.38. The number of hydrogen-bond acceptors (Lipinski definition) is 5. The zero-order valence-electron chi connectivity index (χ0n) is 14.1. The highest BCUT2D eigenvalue weighted by atomic mass is 16.5. The first kappa shape index (κ1) is 17.3. The van der Waals surface area contributed by atoms with Crippen LogP contribution in [0.3, 0.4) is 0 Å². The monoisotopic (exact) mass is 328 g/mol. The van der Waals surface area contributed by atoms with E-state index >= 15 is 0 Å². The molecule has 0 saturated carbocycles. The van der Waals surface area contributed by atoms with E-state index in [4.69, 9.17) is 0 Å². The molecule has 0 aliphatic heterocycles. The van der Waals surface area contributed by atoms with Gasteiger partial charge in [0.1, 0.15) is 5.75 Å². The van der Waals surface area contributed by atoms with Crippen LogP contribution in [0.4, 0.5) is 5.69 Å². The second kappa shape index (κ2) is 7.04. The Hall–Kier alpha value is -3.02. The second-order valence-corrected chi connectivity index (χ2v) is 5.40. The lowest BCUT2D eigenvalue weighted by molar-refractivity contribution is 0.0595. The van der Waals surface area contributed by atoms with E-state index in [-0.39, 0.29) is 0 Å². The predicted octanol–water partition coefficient (Wildman–Crippen LogP) is 2.63. The number of ether oxygens (including phenoxy) is 1. The summed E-state index contributed by atoms with van der Waals surface area (Å²) in [7, 11) is 5.02. The molecule has 0 amide bonds. The number of aromatic amines is 1. The van der Waals surface area contributed by atoms with Crippen molar-refractivity contribution in [2.45, 2.75) is 6.92 Å². The smallest absolute Gasteiger partial charge is 0.347 e. The minimum Gasteiger partial charge on any atom is -0.506 e. The molecule has 2 rings (SSSR count). The largest absolute Gasteiger partial charge is 0.506 e. The molecule has 0 unspecified atom stereocenters. The lowest BCUT2D eigenvalue weighted by Crippen LogP contribution is -2.20. The van der Waals surface area contributed by atoms with Gasteiger partial charge in [0.25, 0.3) is 5.56 Å². The lowest BCUT2D eigenvalue weighted by Gasteiger charge is -2.14. The van der Waals surface area contributed by atoms with Crippen molar-refractivity contribution in [3.8, 4) is 17.0 Å². The normalized spacial score (nSPS) is 10.8. The number of H-pyrrole nitrogens is 1. The summed E-state index contributed by atoms with van der Waals surface area (Å²) in [5.74, 6) is -1.27. The molecule has 1 heterocycles. The van der Waals surface area contributed by atoms with Crippen LogP contribution in [0.2, 0.25) is 0 Å². The zero-order chi connectivity index (χ0) is 17.9. The third kappa shape index (κ3) is 3.17. The lowest BCUT2D eigenvalue weighted by atomic mass is 10.0. The standard InChI is InChI=1S/C18H20N2O4/c1-5-6-13-15(11-7-9-12(10-8-11)20(2)3)19-17(22)14(16(13)21)18(23)24-4/h5-10H,1-4H3,(H2,19,21,22)/b6-5-. The molecular formula is C18H20N2O4.